The molecule has 6 nitrogen and oxygen atoms in total. The molecule has 0 saturated carbocycles. The fraction of sp³-hybridized carbons (Fsp3) is 0.316. The summed E-state index contributed by atoms with van der Waals surface area (Å²) >= 11 is 0. The standard InChI is InChI=1S/C19H17F4N3O3/c20-16-5-4-14(11-17(16)26(28)29)18(27)25-8-6-24(7-9-25)12-13-2-1-3-15(10-13)19(21,22)23/h1-5,10-11H,6-9,12H2. The molecule has 0 unspecified atom stereocenters. The molecular formula is C19H17F4N3O3. The Morgan fingerprint density at radius 1 is 1.07 bits per heavy atom. The highest BCUT2D eigenvalue weighted by Crippen LogP contribution is 2.30. The number of hydrogen-bond donors (Lipinski definition) is 0. The zero-order chi connectivity index (χ0) is 21.2. The summed E-state index contributed by atoms with van der Waals surface area (Å²) < 4.78 is 51.9. The van der Waals surface area contributed by atoms with Crippen LogP contribution in [0.25, 0.3) is 0 Å². The monoisotopic (exact) mass is 411 g/mol. The third-order valence-corrected chi connectivity index (χ3v) is 4.71. The maximum absolute atomic E-state index is 13.4. The second kappa shape index (κ2) is 8.16. The van der Waals surface area contributed by atoms with E-state index in [-0.39, 0.29) is 5.56 Å². The summed E-state index contributed by atoms with van der Waals surface area (Å²) in [6, 6.07) is 8.09. The van der Waals surface area contributed by atoms with E-state index in [1.165, 1.54) is 17.0 Å². The summed E-state index contributed by atoms with van der Waals surface area (Å²) in [5.74, 6) is -1.47. The quantitative estimate of drug-likeness (QED) is 0.437. The first kappa shape index (κ1) is 20.7. The number of carbonyl (C=O) groups is 1. The predicted octanol–water partition coefficient (Wildman–Crippen LogP) is 3.71. The number of amides is 1. The molecule has 29 heavy (non-hydrogen) atoms. The van der Waals surface area contributed by atoms with Gasteiger partial charge in [-0.15, -0.1) is 0 Å². The smallest absolute Gasteiger partial charge is 0.336 e. The largest absolute Gasteiger partial charge is 0.416 e. The molecule has 0 aromatic heterocycles. The lowest BCUT2D eigenvalue weighted by molar-refractivity contribution is -0.387. The minimum Gasteiger partial charge on any atom is -0.336 e. The number of hydrogen-bond acceptors (Lipinski definition) is 4. The normalized spacial score (nSPS) is 15.4. The third-order valence-electron chi connectivity index (χ3n) is 4.71. The van der Waals surface area contributed by atoms with Crippen LogP contribution in [0.1, 0.15) is 21.5 Å². The molecule has 0 aliphatic carbocycles. The van der Waals surface area contributed by atoms with Crippen molar-refractivity contribution in [1.29, 1.82) is 0 Å². The highest BCUT2D eigenvalue weighted by Gasteiger charge is 2.30. The number of nitro groups is 1. The van der Waals surface area contributed by atoms with E-state index in [2.05, 4.69) is 0 Å². The van der Waals surface area contributed by atoms with Crippen LogP contribution in [0.2, 0.25) is 0 Å². The average molecular weight is 411 g/mol. The molecular weight excluding hydrogens is 394 g/mol. The van der Waals surface area contributed by atoms with Crippen molar-refractivity contribution >= 4 is 11.6 Å². The molecule has 0 spiro atoms. The molecule has 10 heteroatoms. The predicted molar refractivity (Wildman–Crippen MR) is 95.7 cm³/mol. The molecule has 2 aromatic carbocycles. The number of nitrogens with zero attached hydrogens (tertiary/aromatic N) is 3. The summed E-state index contributed by atoms with van der Waals surface area (Å²) in [5, 5.41) is 10.8. The van der Waals surface area contributed by atoms with Crippen LogP contribution in [0.3, 0.4) is 0 Å². The van der Waals surface area contributed by atoms with E-state index >= 15 is 0 Å². The van der Waals surface area contributed by atoms with E-state index in [1.807, 2.05) is 4.90 Å². The molecule has 0 atom stereocenters. The molecule has 0 N–H and O–H groups in total. The van der Waals surface area contributed by atoms with Gasteiger partial charge in [-0.05, 0) is 23.8 Å². The van der Waals surface area contributed by atoms with Gasteiger partial charge in [0.25, 0.3) is 5.91 Å². The summed E-state index contributed by atoms with van der Waals surface area (Å²) in [7, 11) is 0. The molecule has 1 fully saturated rings. The molecule has 3 rings (SSSR count). The molecule has 154 valence electrons. The van der Waals surface area contributed by atoms with Gasteiger partial charge < -0.3 is 4.90 Å². The summed E-state index contributed by atoms with van der Waals surface area (Å²) in [5.41, 5.74) is -0.932. The van der Waals surface area contributed by atoms with Crippen LogP contribution >= 0.6 is 0 Å². The van der Waals surface area contributed by atoms with Gasteiger partial charge >= 0.3 is 11.9 Å². The van der Waals surface area contributed by atoms with E-state index in [0.29, 0.717) is 38.3 Å². The van der Waals surface area contributed by atoms with Gasteiger partial charge in [-0.1, -0.05) is 18.2 Å². The maximum atomic E-state index is 13.4. The van der Waals surface area contributed by atoms with Crippen LogP contribution in [-0.4, -0.2) is 46.8 Å². The second-order valence-electron chi connectivity index (χ2n) is 6.69. The Morgan fingerprint density at radius 3 is 2.38 bits per heavy atom. The highest BCUT2D eigenvalue weighted by atomic mass is 19.4. The first-order valence-corrected chi connectivity index (χ1v) is 8.77. The Labute approximate surface area is 163 Å². The van der Waals surface area contributed by atoms with Gasteiger partial charge in [0.15, 0.2) is 0 Å². The highest BCUT2D eigenvalue weighted by molar-refractivity contribution is 5.95. The lowest BCUT2D eigenvalue weighted by Gasteiger charge is -2.34. The van der Waals surface area contributed by atoms with Crippen LogP contribution in [-0.2, 0) is 12.7 Å². The molecule has 1 heterocycles. The number of piperazine rings is 1. The molecule has 1 aliphatic heterocycles. The molecule has 0 radical (unpaired) electrons. The minimum absolute atomic E-state index is 0.0180. The number of benzene rings is 2. The zero-order valence-electron chi connectivity index (χ0n) is 15.2. The fourth-order valence-electron chi connectivity index (χ4n) is 3.18. The molecule has 0 bridgehead atoms. The van der Waals surface area contributed by atoms with Gasteiger partial charge in [0.05, 0.1) is 10.5 Å². The third kappa shape index (κ3) is 4.89. The van der Waals surface area contributed by atoms with Crippen LogP contribution in [0, 0.1) is 15.9 Å². The summed E-state index contributed by atoms with van der Waals surface area (Å²) in [4.78, 5) is 25.9. The molecule has 2 aromatic rings. The molecule has 1 amide bonds. The summed E-state index contributed by atoms with van der Waals surface area (Å²) in [6.07, 6.45) is -4.40. The second-order valence-corrected chi connectivity index (χ2v) is 6.69. The van der Waals surface area contributed by atoms with Crippen molar-refractivity contribution < 1.29 is 27.3 Å². The Balaban J connectivity index is 1.62. The Morgan fingerprint density at radius 2 is 1.76 bits per heavy atom. The van der Waals surface area contributed by atoms with E-state index in [0.717, 1.165) is 24.3 Å². The minimum atomic E-state index is -4.40. The SMILES string of the molecule is O=C(c1ccc(F)c([N+](=O)[O-])c1)N1CCN(Cc2cccc(C(F)(F)F)c2)CC1. The van der Waals surface area contributed by atoms with Crippen LogP contribution in [0.4, 0.5) is 23.2 Å². The van der Waals surface area contributed by atoms with Crippen molar-refractivity contribution in [3.8, 4) is 0 Å². The number of rotatable bonds is 4. The van der Waals surface area contributed by atoms with Gasteiger partial charge in [-0.2, -0.15) is 17.6 Å². The zero-order valence-corrected chi connectivity index (χ0v) is 15.2. The number of halogens is 4. The fourth-order valence-corrected chi connectivity index (χ4v) is 3.18. The van der Waals surface area contributed by atoms with Gasteiger partial charge in [-0.25, -0.2) is 0 Å². The van der Waals surface area contributed by atoms with Crippen molar-refractivity contribution in [2.45, 2.75) is 12.7 Å². The lowest BCUT2D eigenvalue weighted by atomic mass is 10.1. The van der Waals surface area contributed by atoms with Gasteiger partial charge in [0.1, 0.15) is 0 Å². The number of nitro benzene ring substituents is 1. The molecule has 1 aliphatic rings. The van der Waals surface area contributed by atoms with E-state index in [4.69, 9.17) is 0 Å². The van der Waals surface area contributed by atoms with Crippen LogP contribution in [0.5, 0.6) is 0 Å². The van der Waals surface area contributed by atoms with Crippen LogP contribution < -0.4 is 0 Å². The first-order valence-electron chi connectivity index (χ1n) is 8.77. The van der Waals surface area contributed by atoms with E-state index in [1.54, 1.807) is 6.07 Å². The van der Waals surface area contributed by atoms with E-state index in [9.17, 15) is 32.5 Å². The van der Waals surface area contributed by atoms with Crippen molar-refractivity contribution in [3.63, 3.8) is 0 Å². The Kier molecular flexibility index (Phi) is 5.83. The molecule has 1 saturated heterocycles. The lowest BCUT2D eigenvalue weighted by Crippen LogP contribution is -2.48. The van der Waals surface area contributed by atoms with Crippen molar-refractivity contribution in [2.75, 3.05) is 26.2 Å². The van der Waals surface area contributed by atoms with Crippen molar-refractivity contribution in [1.82, 2.24) is 9.80 Å². The first-order chi connectivity index (χ1) is 13.6. The van der Waals surface area contributed by atoms with E-state index < -0.39 is 34.1 Å². The van der Waals surface area contributed by atoms with Crippen LogP contribution in [0.15, 0.2) is 42.5 Å². The average Bonchev–Trinajstić information content (AvgIpc) is 2.68. The summed E-state index contributed by atoms with van der Waals surface area (Å²) in [6.45, 7) is 1.80. The van der Waals surface area contributed by atoms with Crippen molar-refractivity contribution in [3.05, 3.63) is 75.1 Å². The van der Waals surface area contributed by atoms with Gasteiger partial charge in [0, 0.05) is 44.4 Å². The topological polar surface area (TPSA) is 66.7 Å². The Hall–Kier alpha value is -3.01. The maximum Gasteiger partial charge on any atom is 0.416 e. The van der Waals surface area contributed by atoms with Gasteiger partial charge in [-0.3, -0.25) is 19.8 Å². The number of alkyl halides is 3. The van der Waals surface area contributed by atoms with Gasteiger partial charge in [0.2, 0.25) is 5.82 Å². The van der Waals surface area contributed by atoms with Crippen molar-refractivity contribution in [2.24, 2.45) is 0 Å². The Bertz CT molecular complexity index is 925. The number of carbonyl (C=O) groups excluding carboxylic acids is 1.